The van der Waals surface area contributed by atoms with E-state index < -0.39 is 6.10 Å². The molecule has 2 heterocycles. The molecule has 2 aliphatic heterocycles. The maximum atomic E-state index is 12.5. The number of piperazine rings is 1. The predicted octanol–water partition coefficient (Wildman–Crippen LogP) is 2.30. The molecular weight excluding hydrogens is 404 g/mol. The van der Waals surface area contributed by atoms with Crippen molar-refractivity contribution in [1.29, 1.82) is 0 Å². The van der Waals surface area contributed by atoms with E-state index in [9.17, 15) is 9.59 Å². The molecule has 2 aliphatic rings. The van der Waals surface area contributed by atoms with E-state index in [1.807, 2.05) is 54.6 Å². The summed E-state index contributed by atoms with van der Waals surface area (Å²) in [7, 11) is 0. The minimum absolute atomic E-state index is 0.0414. The van der Waals surface area contributed by atoms with Gasteiger partial charge >= 0.3 is 0 Å². The Labute approximate surface area is 180 Å². The number of rotatable bonds is 5. The molecule has 2 aromatic rings. The second-order valence-corrected chi connectivity index (χ2v) is 7.70. The second kappa shape index (κ2) is 9.17. The fraction of sp³-hybridized carbons (Fsp3) is 0.318. The molecule has 8 heteroatoms. The fourth-order valence-corrected chi connectivity index (χ4v) is 3.70. The van der Waals surface area contributed by atoms with Crippen molar-refractivity contribution in [3.8, 4) is 0 Å². The van der Waals surface area contributed by atoms with Gasteiger partial charge in [-0.25, -0.2) is 0 Å². The van der Waals surface area contributed by atoms with Crippen LogP contribution in [-0.4, -0.2) is 61.3 Å². The summed E-state index contributed by atoms with van der Waals surface area (Å²) in [6.07, 6.45) is -0.307. The Bertz CT molecular complexity index is 925. The van der Waals surface area contributed by atoms with Crippen molar-refractivity contribution in [2.75, 3.05) is 37.6 Å². The molecular formula is C22H23ClN4O3. The smallest absolute Gasteiger partial charge is 0.264 e. The van der Waals surface area contributed by atoms with Crippen molar-refractivity contribution in [2.45, 2.75) is 12.5 Å². The quantitative estimate of drug-likeness (QED) is 0.796. The molecule has 2 aromatic carbocycles. The van der Waals surface area contributed by atoms with Crippen molar-refractivity contribution in [2.24, 2.45) is 5.16 Å². The molecule has 1 atom stereocenters. The van der Waals surface area contributed by atoms with Crippen molar-refractivity contribution in [3.05, 3.63) is 65.2 Å². The molecule has 0 radical (unpaired) electrons. The third-order valence-corrected chi connectivity index (χ3v) is 5.56. The summed E-state index contributed by atoms with van der Waals surface area (Å²) in [5, 5.41) is 7.41. The molecule has 7 nitrogen and oxygen atoms in total. The number of halogens is 1. The molecule has 0 saturated carbocycles. The zero-order valence-corrected chi connectivity index (χ0v) is 17.2. The zero-order chi connectivity index (χ0) is 20.9. The van der Waals surface area contributed by atoms with Crippen LogP contribution in [0.2, 0.25) is 5.02 Å². The summed E-state index contributed by atoms with van der Waals surface area (Å²) >= 11 is 5.94. The zero-order valence-electron chi connectivity index (χ0n) is 16.5. The number of carbonyl (C=O) groups excluding carboxylic acids is 2. The summed E-state index contributed by atoms with van der Waals surface area (Å²) in [5.41, 5.74) is 2.76. The summed E-state index contributed by atoms with van der Waals surface area (Å²) < 4.78 is 0. The first-order valence-electron chi connectivity index (χ1n) is 9.94. The maximum absolute atomic E-state index is 12.5. The number of hydrogen-bond donors (Lipinski definition) is 1. The lowest BCUT2D eigenvalue weighted by molar-refractivity contribution is -0.136. The van der Waals surface area contributed by atoms with Gasteiger partial charge in [-0.1, -0.05) is 47.1 Å². The molecule has 0 aromatic heterocycles. The number of amides is 2. The van der Waals surface area contributed by atoms with Gasteiger partial charge < -0.3 is 20.0 Å². The van der Waals surface area contributed by atoms with Crippen molar-refractivity contribution in [3.63, 3.8) is 0 Å². The normalized spacial score (nSPS) is 18.6. The summed E-state index contributed by atoms with van der Waals surface area (Å²) in [5.74, 6) is -0.417. The number of nitrogens with zero attached hydrogens (tertiary/aromatic N) is 3. The Hall–Kier alpha value is -3.06. The van der Waals surface area contributed by atoms with E-state index in [0.29, 0.717) is 24.5 Å². The fourth-order valence-electron chi connectivity index (χ4n) is 3.57. The Balaban J connectivity index is 1.21. The van der Waals surface area contributed by atoms with Crippen LogP contribution in [0.25, 0.3) is 0 Å². The third-order valence-electron chi connectivity index (χ3n) is 5.31. The Morgan fingerprint density at radius 3 is 2.43 bits per heavy atom. The average molecular weight is 427 g/mol. The highest BCUT2D eigenvalue weighted by atomic mass is 35.5. The first-order chi connectivity index (χ1) is 14.6. The topological polar surface area (TPSA) is 74.2 Å². The summed E-state index contributed by atoms with van der Waals surface area (Å²) in [6, 6.07) is 17.3. The number of nitrogens with one attached hydrogen (secondary N) is 1. The van der Waals surface area contributed by atoms with E-state index in [0.717, 1.165) is 30.1 Å². The van der Waals surface area contributed by atoms with Gasteiger partial charge in [0.1, 0.15) is 0 Å². The van der Waals surface area contributed by atoms with E-state index in [1.165, 1.54) is 0 Å². The van der Waals surface area contributed by atoms with Crippen LogP contribution in [0.5, 0.6) is 0 Å². The molecule has 0 bridgehead atoms. The van der Waals surface area contributed by atoms with Crippen LogP contribution in [0.4, 0.5) is 5.69 Å². The lowest BCUT2D eigenvalue weighted by atomic mass is 10.0. The van der Waals surface area contributed by atoms with Crippen LogP contribution in [0.1, 0.15) is 12.0 Å². The predicted molar refractivity (Wildman–Crippen MR) is 116 cm³/mol. The van der Waals surface area contributed by atoms with Crippen LogP contribution in [-0.2, 0) is 14.4 Å². The molecule has 1 fully saturated rings. The average Bonchev–Trinajstić information content (AvgIpc) is 3.29. The molecule has 30 heavy (non-hydrogen) atoms. The van der Waals surface area contributed by atoms with Gasteiger partial charge in [0.2, 0.25) is 12.0 Å². The van der Waals surface area contributed by atoms with E-state index in [4.69, 9.17) is 16.4 Å². The van der Waals surface area contributed by atoms with Crippen LogP contribution >= 0.6 is 11.6 Å². The molecule has 1 N–H and O–H groups in total. The highest BCUT2D eigenvalue weighted by Crippen LogP contribution is 2.20. The molecule has 2 amide bonds. The highest BCUT2D eigenvalue weighted by Gasteiger charge is 2.29. The van der Waals surface area contributed by atoms with Crippen LogP contribution in [0, 0.1) is 0 Å². The molecule has 0 aliphatic carbocycles. The summed E-state index contributed by atoms with van der Waals surface area (Å²) in [6.45, 7) is 2.65. The van der Waals surface area contributed by atoms with Crippen molar-refractivity contribution >= 4 is 34.8 Å². The molecule has 1 unspecified atom stereocenters. The van der Waals surface area contributed by atoms with E-state index in [1.54, 1.807) is 4.90 Å². The first-order valence-corrected chi connectivity index (χ1v) is 10.3. The van der Waals surface area contributed by atoms with Gasteiger partial charge in [-0.05, 0) is 29.8 Å². The van der Waals surface area contributed by atoms with Gasteiger partial charge in [-0.15, -0.1) is 0 Å². The second-order valence-electron chi connectivity index (χ2n) is 7.26. The molecule has 0 spiro atoms. The largest absolute Gasteiger partial charge is 0.382 e. The third kappa shape index (κ3) is 4.74. The van der Waals surface area contributed by atoms with Crippen molar-refractivity contribution < 1.29 is 14.4 Å². The Morgan fingerprint density at radius 1 is 1.03 bits per heavy atom. The number of oxime groups is 1. The minimum atomic E-state index is -0.699. The molecule has 4 rings (SSSR count). The monoisotopic (exact) mass is 426 g/mol. The molecule has 156 valence electrons. The lowest BCUT2D eigenvalue weighted by Crippen LogP contribution is -2.51. The Kier molecular flexibility index (Phi) is 6.18. The highest BCUT2D eigenvalue weighted by molar-refractivity contribution is 6.30. The van der Waals surface area contributed by atoms with Crippen LogP contribution in [0.3, 0.4) is 0 Å². The van der Waals surface area contributed by atoms with Crippen molar-refractivity contribution in [1.82, 2.24) is 10.2 Å². The van der Waals surface area contributed by atoms with Gasteiger partial charge in [-0.2, -0.15) is 0 Å². The van der Waals surface area contributed by atoms with Gasteiger partial charge in [0, 0.05) is 43.3 Å². The van der Waals surface area contributed by atoms with Gasteiger partial charge in [0.15, 0.2) is 0 Å². The lowest BCUT2D eigenvalue weighted by Gasteiger charge is -2.36. The minimum Gasteiger partial charge on any atom is -0.382 e. The van der Waals surface area contributed by atoms with Crippen LogP contribution < -0.4 is 10.2 Å². The van der Waals surface area contributed by atoms with Gasteiger partial charge in [-0.3, -0.25) is 9.59 Å². The van der Waals surface area contributed by atoms with Gasteiger partial charge in [0.05, 0.1) is 12.3 Å². The number of hydrogen-bond acceptors (Lipinski definition) is 5. The standard InChI is InChI=1S/C22H23ClN4O3/c23-17-6-8-18(9-7-17)26-10-12-27(13-11-26)21(28)15-24-22(29)20-14-19(25-30-20)16-4-2-1-3-5-16/h1-9,20H,10-15H2,(H,24,29). The number of carbonyl (C=O) groups is 2. The Morgan fingerprint density at radius 2 is 1.73 bits per heavy atom. The van der Waals surface area contributed by atoms with Crippen LogP contribution in [0.15, 0.2) is 59.8 Å². The maximum Gasteiger partial charge on any atom is 0.264 e. The van der Waals surface area contributed by atoms with Gasteiger partial charge in [0.25, 0.3) is 5.91 Å². The number of benzene rings is 2. The van der Waals surface area contributed by atoms with E-state index in [2.05, 4.69) is 15.4 Å². The SMILES string of the molecule is O=C(NCC(=O)N1CCN(c2ccc(Cl)cc2)CC1)C1CC(c2ccccc2)=NO1. The number of anilines is 1. The van der Waals surface area contributed by atoms with E-state index in [-0.39, 0.29) is 18.4 Å². The van der Waals surface area contributed by atoms with E-state index >= 15 is 0 Å². The first kappa shape index (κ1) is 20.2. The molecule has 1 saturated heterocycles. The summed E-state index contributed by atoms with van der Waals surface area (Å²) in [4.78, 5) is 34.1.